The van der Waals surface area contributed by atoms with Crippen LogP contribution in [0.2, 0.25) is 5.02 Å². The maximum atomic E-state index is 13.2. The predicted octanol–water partition coefficient (Wildman–Crippen LogP) is 8.04. The summed E-state index contributed by atoms with van der Waals surface area (Å²) in [5, 5.41) is 12.2. The highest BCUT2D eigenvalue weighted by Crippen LogP contribution is 2.32. The summed E-state index contributed by atoms with van der Waals surface area (Å²) in [6.45, 7) is 3.50. The lowest BCUT2D eigenvalue weighted by Crippen LogP contribution is -2.20. The van der Waals surface area contributed by atoms with Gasteiger partial charge < -0.3 is 15.1 Å². The van der Waals surface area contributed by atoms with Crippen molar-refractivity contribution in [1.29, 1.82) is 5.26 Å². The molecule has 0 spiro atoms. The van der Waals surface area contributed by atoms with Crippen LogP contribution >= 0.6 is 11.6 Å². The van der Waals surface area contributed by atoms with Crippen LogP contribution in [0.25, 0.3) is 11.1 Å². The molecule has 1 amide bonds. The van der Waals surface area contributed by atoms with Gasteiger partial charge in [0, 0.05) is 42.6 Å². The molecule has 0 saturated heterocycles. The monoisotopic (exact) mass is 601 g/mol. The van der Waals surface area contributed by atoms with Gasteiger partial charge in [0.15, 0.2) is 0 Å². The normalized spacial score (nSPS) is 13.4. The summed E-state index contributed by atoms with van der Waals surface area (Å²) in [4.78, 5) is 21.4. The van der Waals surface area contributed by atoms with Gasteiger partial charge in [-0.25, -0.2) is 4.98 Å². The Morgan fingerprint density at radius 1 is 1.02 bits per heavy atom. The van der Waals surface area contributed by atoms with E-state index in [1.165, 1.54) is 6.07 Å². The minimum absolute atomic E-state index is 0.247. The minimum Gasteiger partial charge on any atom is -0.372 e. The van der Waals surface area contributed by atoms with Crippen molar-refractivity contribution >= 4 is 29.0 Å². The van der Waals surface area contributed by atoms with Crippen LogP contribution in [0.1, 0.15) is 39.0 Å². The summed E-state index contributed by atoms with van der Waals surface area (Å²) in [7, 11) is 0. The van der Waals surface area contributed by atoms with Gasteiger partial charge in [-0.15, -0.1) is 0 Å². The number of aromatic nitrogens is 1. The number of halogens is 4. The molecule has 10 heteroatoms. The highest BCUT2D eigenvalue weighted by molar-refractivity contribution is 6.31. The number of alkyl halides is 3. The number of nitrogens with zero attached hydrogens (tertiary/aromatic N) is 4. The maximum Gasteiger partial charge on any atom is 0.416 e. The zero-order valence-corrected chi connectivity index (χ0v) is 24.0. The third-order valence-corrected chi connectivity index (χ3v) is 7.54. The SMILES string of the molecule is Cc1ccc(C(=O)Nc2ccc(N3C=CN(Cc4cc(C(F)(F)F)ccc4Cl)CCC3)nc2)cc1-c1ccc(C#N)cc1. The molecule has 1 aliphatic heterocycles. The Morgan fingerprint density at radius 3 is 2.51 bits per heavy atom. The number of nitrogens with one attached hydrogen (secondary N) is 1. The van der Waals surface area contributed by atoms with Crippen molar-refractivity contribution < 1.29 is 18.0 Å². The fourth-order valence-corrected chi connectivity index (χ4v) is 4.99. The van der Waals surface area contributed by atoms with E-state index in [2.05, 4.69) is 16.4 Å². The Balaban J connectivity index is 1.24. The number of nitriles is 1. The number of carbonyl (C=O) groups excluding carboxylic acids is 1. The summed E-state index contributed by atoms with van der Waals surface area (Å²) in [5.74, 6) is 0.398. The molecular weight excluding hydrogens is 575 g/mol. The second-order valence-corrected chi connectivity index (χ2v) is 10.6. The first kappa shape index (κ1) is 29.7. The molecule has 0 atom stereocenters. The second kappa shape index (κ2) is 12.6. The van der Waals surface area contributed by atoms with Crippen LogP contribution in [0.4, 0.5) is 24.7 Å². The predicted molar refractivity (Wildman–Crippen MR) is 161 cm³/mol. The molecule has 1 aromatic heterocycles. The third kappa shape index (κ3) is 7.16. The Morgan fingerprint density at radius 2 is 1.81 bits per heavy atom. The standard InChI is InChI=1S/C33H27ClF3N5O/c1-22-3-6-25(18-29(22)24-7-4-23(19-38)5-8-24)32(43)40-28-10-12-31(39-20-28)42-14-2-13-41(15-16-42)21-26-17-27(33(35,36)37)9-11-30(26)34/h3-12,15-18,20H,2,13-14,21H2,1H3,(H,40,43). The van der Waals surface area contributed by atoms with E-state index in [1.807, 2.05) is 53.4 Å². The molecule has 3 aromatic carbocycles. The Hall–Kier alpha value is -4.81. The molecule has 0 radical (unpaired) electrons. The number of anilines is 2. The molecule has 5 rings (SSSR count). The first-order chi connectivity index (χ1) is 20.6. The molecule has 43 heavy (non-hydrogen) atoms. The van der Waals surface area contributed by atoms with Crippen LogP contribution in [0.5, 0.6) is 0 Å². The van der Waals surface area contributed by atoms with E-state index in [0.717, 1.165) is 35.2 Å². The number of pyridine rings is 1. The number of amides is 1. The van der Waals surface area contributed by atoms with Gasteiger partial charge in [0.05, 0.1) is 29.1 Å². The fourth-order valence-electron chi connectivity index (χ4n) is 4.81. The number of rotatable bonds is 6. The van der Waals surface area contributed by atoms with Crippen molar-refractivity contribution in [3.63, 3.8) is 0 Å². The molecule has 218 valence electrons. The molecule has 1 aliphatic rings. The average molecular weight is 602 g/mol. The first-order valence-electron chi connectivity index (χ1n) is 13.5. The lowest BCUT2D eigenvalue weighted by molar-refractivity contribution is -0.137. The zero-order chi connectivity index (χ0) is 30.6. The largest absolute Gasteiger partial charge is 0.416 e. The number of aryl methyl sites for hydroxylation is 1. The summed E-state index contributed by atoms with van der Waals surface area (Å²) in [6.07, 6.45) is 1.56. The quantitative estimate of drug-likeness (QED) is 0.242. The molecule has 1 N–H and O–H groups in total. The topological polar surface area (TPSA) is 72.3 Å². The molecular formula is C33H27ClF3N5O. The van der Waals surface area contributed by atoms with Gasteiger partial charge in [0.25, 0.3) is 5.91 Å². The molecule has 0 aliphatic carbocycles. The highest BCUT2D eigenvalue weighted by atomic mass is 35.5. The highest BCUT2D eigenvalue weighted by Gasteiger charge is 2.31. The van der Waals surface area contributed by atoms with Crippen molar-refractivity contribution in [1.82, 2.24) is 9.88 Å². The molecule has 6 nitrogen and oxygen atoms in total. The lowest BCUT2D eigenvalue weighted by atomic mass is 9.97. The fraction of sp³-hybridized carbons (Fsp3) is 0.182. The average Bonchev–Trinajstić information content (AvgIpc) is 3.24. The van der Waals surface area contributed by atoms with E-state index in [0.29, 0.717) is 41.3 Å². The van der Waals surface area contributed by atoms with Gasteiger partial charge in [-0.3, -0.25) is 4.79 Å². The first-order valence-corrected chi connectivity index (χ1v) is 13.9. The molecule has 2 heterocycles. The van der Waals surface area contributed by atoms with Crippen LogP contribution in [0, 0.1) is 18.3 Å². The van der Waals surface area contributed by atoms with Crippen molar-refractivity contribution in [2.45, 2.75) is 26.1 Å². The number of hydrogen-bond donors (Lipinski definition) is 1. The van der Waals surface area contributed by atoms with Crippen molar-refractivity contribution in [2.75, 3.05) is 23.3 Å². The number of hydrogen-bond acceptors (Lipinski definition) is 5. The van der Waals surface area contributed by atoms with Crippen LogP contribution in [-0.2, 0) is 12.7 Å². The van der Waals surface area contributed by atoms with Gasteiger partial charge in [-0.1, -0.05) is 29.8 Å². The minimum atomic E-state index is -4.43. The summed E-state index contributed by atoms with van der Waals surface area (Å²) in [5.41, 5.74) is 4.11. The van der Waals surface area contributed by atoms with Crippen LogP contribution in [0.3, 0.4) is 0 Å². The van der Waals surface area contributed by atoms with Gasteiger partial charge in [-0.05, 0) is 90.2 Å². The maximum absolute atomic E-state index is 13.2. The Labute approximate surface area is 252 Å². The van der Waals surface area contributed by atoms with Crippen LogP contribution < -0.4 is 10.2 Å². The smallest absolute Gasteiger partial charge is 0.372 e. The van der Waals surface area contributed by atoms with E-state index >= 15 is 0 Å². The van der Waals surface area contributed by atoms with E-state index in [1.54, 1.807) is 36.5 Å². The molecule has 0 unspecified atom stereocenters. The summed E-state index contributed by atoms with van der Waals surface area (Å²) in [6, 6.07) is 21.7. The summed E-state index contributed by atoms with van der Waals surface area (Å²) >= 11 is 6.20. The zero-order valence-electron chi connectivity index (χ0n) is 23.2. The molecule has 4 aromatic rings. The number of benzene rings is 3. The third-order valence-electron chi connectivity index (χ3n) is 7.17. The second-order valence-electron chi connectivity index (χ2n) is 10.2. The molecule has 0 saturated carbocycles. The molecule has 0 fully saturated rings. The van der Waals surface area contributed by atoms with E-state index in [9.17, 15) is 18.0 Å². The van der Waals surface area contributed by atoms with E-state index in [4.69, 9.17) is 16.9 Å². The lowest BCUT2D eigenvalue weighted by Gasteiger charge is -2.20. The van der Waals surface area contributed by atoms with Gasteiger partial charge in [0.2, 0.25) is 0 Å². The Kier molecular flexibility index (Phi) is 8.69. The van der Waals surface area contributed by atoms with Crippen molar-refractivity contribution in [2.24, 2.45) is 0 Å². The molecule has 0 bridgehead atoms. The summed E-state index contributed by atoms with van der Waals surface area (Å²) < 4.78 is 39.5. The van der Waals surface area contributed by atoms with Crippen molar-refractivity contribution in [3.8, 4) is 17.2 Å². The van der Waals surface area contributed by atoms with Gasteiger partial charge in [0.1, 0.15) is 5.82 Å². The van der Waals surface area contributed by atoms with Gasteiger partial charge in [-0.2, -0.15) is 18.4 Å². The van der Waals surface area contributed by atoms with Crippen molar-refractivity contribution in [3.05, 3.63) is 124 Å². The van der Waals surface area contributed by atoms with Gasteiger partial charge >= 0.3 is 6.18 Å². The number of carbonyl (C=O) groups is 1. The van der Waals surface area contributed by atoms with E-state index < -0.39 is 11.7 Å². The van der Waals surface area contributed by atoms with Crippen LogP contribution in [-0.4, -0.2) is 28.9 Å². The Bertz CT molecular complexity index is 1700. The van der Waals surface area contributed by atoms with Crippen LogP contribution in [0.15, 0.2) is 91.4 Å². The van der Waals surface area contributed by atoms with E-state index in [-0.39, 0.29) is 17.5 Å².